The molecule has 1 fully saturated rings. The third-order valence-corrected chi connectivity index (χ3v) is 2.69. The van der Waals surface area contributed by atoms with E-state index in [0.717, 1.165) is 0 Å². The van der Waals surface area contributed by atoms with Crippen LogP contribution in [0.1, 0.15) is 12.8 Å². The molecule has 0 spiro atoms. The van der Waals surface area contributed by atoms with Gasteiger partial charge in [0.1, 0.15) is 0 Å². The fourth-order valence-electron chi connectivity index (χ4n) is 1.81. The Hall–Kier alpha value is -0.630. The molecule has 0 aromatic rings. The van der Waals surface area contributed by atoms with Crippen molar-refractivity contribution in [1.29, 1.82) is 5.26 Å². The summed E-state index contributed by atoms with van der Waals surface area (Å²) in [4.78, 5) is 0. The summed E-state index contributed by atoms with van der Waals surface area (Å²) in [5.41, 5.74) is 5.81. The standard InChI is InChI=1S/C9H16N2O2/c1-12-8-3-6(5-10)7(11)4-9(8)13-2/h6-9H,3-4,11H2,1-2H3. The Morgan fingerprint density at radius 1 is 1.23 bits per heavy atom. The number of rotatable bonds is 2. The molecule has 74 valence electrons. The first-order chi connectivity index (χ1) is 6.22. The van der Waals surface area contributed by atoms with E-state index in [1.54, 1.807) is 14.2 Å². The van der Waals surface area contributed by atoms with Gasteiger partial charge in [0, 0.05) is 20.3 Å². The molecule has 1 aliphatic rings. The van der Waals surface area contributed by atoms with Gasteiger partial charge in [-0.2, -0.15) is 5.26 Å². The van der Waals surface area contributed by atoms with Crippen molar-refractivity contribution in [3.05, 3.63) is 0 Å². The Kier molecular flexibility index (Phi) is 3.67. The monoisotopic (exact) mass is 184 g/mol. The number of nitriles is 1. The second kappa shape index (κ2) is 4.56. The molecule has 0 aromatic heterocycles. The molecule has 13 heavy (non-hydrogen) atoms. The Bertz CT molecular complexity index is 202. The van der Waals surface area contributed by atoms with Gasteiger partial charge in [0.05, 0.1) is 24.2 Å². The van der Waals surface area contributed by atoms with Crippen LogP contribution in [-0.2, 0) is 9.47 Å². The molecule has 0 bridgehead atoms. The van der Waals surface area contributed by atoms with Crippen molar-refractivity contribution in [2.75, 3.05) is 14.2 Å². The zero-order valence-electron chi connectivity index (χ0n) is 8.06. The summed E-state index contributed by atoms with van der Waals surface area (Å²) in [5, 5.41) is 8.81. The Labute approximate surface area is 78.6 Å². The average molecular weight is 184 g/mol. The molecule has 2 N–H and O–H groups in total. The molecule has 1 saturated carbocycles. The van der Waals surface area contributed by atoms with Gasteiger partial charge < -0.3 is 15.2 Å². The lowest BCUT2D eigenvalue weighted by Gasteiger charge is -2.35. The van der Waals surface area contributed by atoms with Gasteiger partial charge in [-0.25, -0.2) is 0 Å². The molecule has 0 amide bonds. The summed E-state index contributed by atoms with van der Waals surface area (Å²) < 4.78 is 10.5. The molecule has 4 heteroatoms. The number of ether oxygens (including phenoxy) is 2. The maximum absolute atomic E-state index is 8.81. The van der Waals surface area contributed by atoms with Crippen molar-refractivity contribution in [1.82, 2.24) is 0 Å². The molecule has 4 unspecified atom stereocenters. The van der Waals surface area contributed by atoms with E-state index in [9.17, 15) is 0 Å². The first-order valence-electron chi connectivity index (χ1n) is 4.43. The molecule has 4 atom stereocenters. The predicted molar refractivity (Wildman–Crippen MR) is 47.9 cm³/mol. The molecule has 0 heterocycles. The summed E-state index contributed by atoms with van der Waals surface area (Å²) in [6.07, 6.45) is 1.42. The fourth-order valence-corrected chi connectivity index (χ4v) is 1.81. The van der Waals surface area contributed by atoms with Crippen LogP contribution < -0.4 is 5.73 Å². The topological polar surface area (TPSA) is 68.3 Å². The molecule has 1 aliphatic carbocycles. The summed E-state index contributed by atoms with van der Waals surface area (Å²) in [6.45, 7) is 0. The largest absolute Gasteiger partial charge is 0.379 e. The molecule has 1 rings (SSSR count). The van der Waals surface area contributed by atoms with Crippen LogP contribution in [0.25, 0.3) is 0 Å². The Morgan fingerprint density at radius 2 is 1.77 bits per heavy atom. The van der Waals surface area contributed by atoms with E-state index in [0.29, 0.717) is 12.8 Å². The van der Waals surface area contributed by atoms with Crippen LogP contribution in [-0.4, -0.2) is 32.5 Å². The predicted octanol–water partition coefficient (Wildman–Crippen LogP) is 0.277. The normalized spacial score (nSPS) is 39.8. The van der Waals surface area contributed by atoms with Crippen molar-refractivity contribution in [2.45, 2.75) is 31.1 Å². The zero-order valence-corrected chi connectivity index (χ0v) is 8.06. The van der Waals surface area contributed by atoms with Gasteiger partial charge in [-0.1, -0.05) is 0 Å². The molecule has 4 nitrogen and oxygen atoms in total. The van der Waals surface area contributed by atoms with E-state index in [-0.39, 0.29) is 24.2 Å². The average Bonchev–Trinajstić information content (AvgIpc) is 2.17. The van der Waals surface area contributed by atoms with Gasteiger partial charge in [-0.15, -0.1) is 0 Å². The minimum Gasteiger partial charge on any atom is -0.379 e. The Balaban J connectivity index is 2.61. The molecule has 0 aromatic carbocycles. The smallest absolute Gasteiger partial charge is 0.0848 e. The fraction of sp³-hybridized carbons (Fsp3) is 0.889. The lowest BCUT2D eigenvalue weighted by Crippen LogP contribution is -2.47. The van der Waals surface area contributed by atoms with E-state index in [1.807, 2.05) is 0 Å². The van der Waals surface area contributed by atoms with Crippen LogP contribution >= 0.6 is 0 Å². The van der Waals surface area contributed by atoms with Gasteiger partial charge in [-0.05, 0) is 12.8 Å². The summed E-state index contributed by atoms with van der Waals surface area (Å²) in [5.74, 6) is -0.101. The number of hydrogen-bond acceptors (Lipinski definition) is 4. The van der Waals surface area contributed by atoms with Crippen molar-refractivity contribution in [3.8, 4) is 6.07 Å². The van der Waals surface area contributed by atoms with Crippen LogP contribution in [0.4, 0.5) is 0 Å². The third kappa shape index (κ3) is 2.19. The summed E-state index contributed by atoms with van der Waals surface area (Å²) in [7, 11) is 3.29. The van der Waals surface area contributed by atoms with E-state index in [1.165, 1.54) is 0 Å². The van der Waals surface area contributed by atoms with Gasteiger partial charge in [0.25, 0.3) is 0 Å². The van der Waals surface area contributed by atoms with Crippen molar-refractivity contribution in [3.63, 3.8) is 0 Å². The van der Waals surface area contributed by atoms with Crippen molar-refractivity contribution in [2.24, 2.45) is 11.7 Å². The van der Waals surface area contributed by atoms with Gasteiger partial charge >= 0.3 is 0 Å². The Morgan fingerprint density at radius 3 is 2.23 bits per heavy atom. The quantitative estimate of drug-likeness (QED) is 0.669. The number of methoxy groups -OCH3 is 2. The molecular weight excluding hydrogens is 168 g/mol. The first-order valence-corrected chi connectivity index (χ1v) is 4.43. The van der Waals surface area contributed by atoms with Gasteiger partial charge in [0.2, 0.25) is 0 Å². The lowest BCUT2D eigenvalue weighted by atomic mass is 9.82. The van der Waals surface area contributed by atoms with Crippen LogP contribution in [0.15, 0.2) is 0 Å². The maximum Gasteiger partial charge on any atom is 0.0848 e. The highest BCUT2D eigenvalue weighted by Gasteiger charge is 2.35. The number of hydrogen-bond donors (Lipinski definition) is 1. The molecule has 0 saturated heterocycles. The van der Waals surface area contributed by atoms with Crippen LogP contribution in [0.2, 0.25) is 0 Å². The van der Waals surface area contributed by atoms with Gasteiger partial charge in [-0.3, -0.25) is 0 Å². The van der Waals surface area contributed by atoms with E-state index in [2.05, 4.69) is 6.07 Å². The third-order valence-electron chi connectivity index (χ3n) is 2.69. The lowest BCUT2D eigenvalue weighted by molar-refractivity contribution is -0.0695. The highest BCUT2D eigenvalue weighted by molar-refractivity contribution is 4.99. The number of nitrogens with two attached hydrogens (primary N) is 1. The van der Waals surface area contributed by atoms with Gasteiger partial charge in [0.15, 0.2) is 0 Å². The van der Waals surface area contributed by atoms with Crippen LogP contribution in [0, 0.1) is 17.2 Å². The minimum atomic E-state index is -0.101. The zero-order chi connectivity index (χ0) is 9.84. The summed E-state index contributed by atoms with van der Waals surface area (Å²) in [6, 6.07) is 2.12. The molecule has 0 radical (unpaired) electrons. The SMILES string of the molecule is COC1CC(N)C(C#N)CC1OC. The van der Waals surface area contributed by atoms with E-state index < -0.39 is 0 Å². The number of nitrogens with zero attached hydrogens (tertiary/aromatic N) is 1. The summed E-state index contributed by atoms with van der Waals surface area (Å²) >= 11 is 0. The van der Waals surface area contributed by atoms with E-state index in [4.69, 9.17) is 20.5 Å². The maximum atomic E-state index is 8.81. The second-order valence-electron chi connectivity index (χ2n) is 3.42. The van der Waals surface area contributed by atoms with E-state index >= 15 is 0 Å². The second-order valence-corrected chi connectivity index (χ2v) is 3.42. The van der Waals surface area contributed by atoms with Crippen molar-refractivity contribution >= 4 is 0 Å². The highest BCUT2D eigenvalue weighted by atomic mass is 16.5. The highest BCUT2D eigenvalue weighted by Crippen LogP contribution is 2.26. The van der Waals surface area contributed by atoms with Crippen LogP contribution in [0.3, 0.4) is 0 Å². The van der Waals surface area contributed by atoms with Crippen molar-refractivity contribution < 1.29 is 9.47 Å². The minimum absolute atomic E-state index is 0.00875. The molecular formula is C9H16N2O2. The first kappa shape index (κ1) is 10.5. The molecule has 0 aliphatic heterocycles. The van der Waals surface area contributed by atoms with Crippen LogP contribution in [0.5, 0.6) is 0 Å².